The number of nitrogens with one attached hydrogen (secondary N) is 2. The highest BCUT2D eigenvalue weighted by Crippen LogP contribution is 2.28. The highest BCUT2D eigenvalue weighted by molar-refractivity contribution is 7.90. The molecule has 2 aromatic rings. The van der Waals surface area contributed by atoms with E-state index in [0.29, 0.717) is 5.56 Å². The smallest absolute Gasteiger partial charge is 0.136 e. The van der Waals surface area contributed by atoms with Crippen molar-refractivity contribution in [3.63, 3.8) is 0 Å². The Bertz CT molecular complexity index is 649. The van der Waals surface area contributed by atoms with Gasteiger partial charge in [0.05, 0.1) is 6.04 Å². The molecule has 1 heterocycles. The van der Waals surface area contributed by atoms with Gasteiger partial charge in [-0.3, -0.25) is 5.41 Å². The molecule has 0 fully saturated rings. The van der Waals surface area contributed by atoms with E-state index in [9.17, 15) is 4.55 Å². The average Bonchev–Trinajstić information content (AvgIpc) is 2.96. The Morgan fingerprint density at radius 1 is 1.35 bits per heavy atom. The summed E-state index contributed by atoms with van der Waals surface area (Å²) in [6.45, 7) is 5.85. The van der Waals surface area contributed by atoms with Crippen LogP contribution in [-0.4, -0.2) is 15.1 Å². The van der Waals surface area contributed by atoms with Gasteiger partial charge >= 0.3 is 0 Å². The third-order valence-corrected chi connectivity index (χ3v) is 6.02. The largest absolute Gasteiger partial charge is 0.598 e. The van der Waals surface area contributed by atoms with Gasteiger partial charge in [0.1, 0.15) is 10.6 Å². The molecule has 4 nitrogen and oxygen atoms in total. The van der Waals surface area contributed by atoms with Gasteiger partial charge in [-0.05, 0) is 38.8 Å². The highest BCUT2D eigenvalue weighted by atomic mass is 32.2. The first kappa shape index (κ1) is 18.0. The van der Waals surface area contributed by atoms with Crippen LogP contribution in [-0.2, 0) is 17.8 Å². The lowest BCUT2D eigenvalue weighted by molar-refractivity contribution is 0.524. The Morgan fingerprint density at radius 3 is 2.52 bits per heavy atom. The van der Waals surface area contributed by atoms with Gasteiger partial charge in [0.25, 0.3) is 0 Å². The summed E-state index contributed by atoms with van der Waals surface area (Å²) in [6.07, 6.45) is 0.737. The molecule has 124 valence electrons. The van der Waals surface area contributed by atoms with Crippen LogP contribution < -0.4 is 10.5 Å². The van der Waals surface area contributed by atoms with Crippen molar-refractivity contribution in [1.29, 1.82) is 5.41 Å². The average molecular weight is 350 g/mol. The molecule has 0 saturated heterocycles. The highest BCUT2D eigenvalue weighted by Gasteiger charge is 2.30. The van der Waals surface area contributed by atoms with Crippen molar-refractivity contribution < 1.29 is 4.55 Å². The number of amidine groups is 1. The summed E-state index contributed by atoms with van der Waals surface area (Å²) in [4.78, 5) is 1.04. The van der Waals surface area contributed by atoms with Gasteiger partial charge in [-0.1, -0.05) is 30.3 Å². The Balaban J connectivity index is 2.24. The maximum atomic E-state index is 12.5. The molecular formula is C17H23N3OS2. The van der Waals surface area contributed by atoms with E-state index in [-0.39, 0.29) is 16.6 Å². The Hall–Kier alpha value is -1.34. The van der Waals surface area contributed by atoms with E-state index in [2.05, 4.69) is 16.9 Å². The first-order valence-corrected chi connectivity index (χ1v) is 9.45. The van der Waals surface area contributed by atoms with Crippen LogP contribution in [0, 0.1) is 5.41 Å². The van der Waals surface area contributed by atoms with Crippen LogP contribution in [0.4, 0.5) is 0 Å². The van der Waals surface area contributed by atoms with E-state index < -0.39 is 11.4 Å². The second kappa shape index (κ2) is 7.49. The zero-order valence-corrected chi connectivity index (χ0v) is 15.3. The van der Waals surface area contributed by atoms with Crippen molar-refractivity contribution in [2.75, 3.05) is 0 Å². The molecule has 0 aliphatic heterocycles. The van der Waals surface area contributed by atoms with Gasteiger partial charge in [-0.25, -0.2) is 0 Å². The van der Waals surface area contributed by atoms with Crippen LogP contribution in [0.25, 0.3) is 0 Å². The predicted octanol–water partition coefficient (Wildman–Crippen LogP) is 3.37. The number of nitrogens with two attached hydrogens (primary N) is 1. The van der Waals surface area contributed by atoms with Crippen molar-refractivity contribution in [3.05, 3.63) is 57.8 Å². The van der Waals surface area contributed by atoms with Gasteiger partial charge in [-0.15, -0.1) is 16.1 Å². The van der Waals surface area contributed by atoms with Crippen LogP contribution in [0.5, 0.6) is 0 Å². The molecule has 1 unspecified atom stereocenters. The van der Waals surface area contributed by atoms with Crippen LogP contribution in [0.1, 0.15) is 42.8 Å². The molecule has 0 amide bonds. The normalized spacial score (nSPS) is 14.4. The molecule has 2 rings (SSSR count). The summed E-state index contributed by atoms with van der Waals surface area (Å²) >= 11 is 0.369. The van der Waals surface area contributed by atoms with E-state index in [4.69, 9.17) is 11.1 Å². The van der Waals surface area contributed by atoms with Crippen LogP contribution in [0.2, 0.25) is 0 Å². The molecule has 1 aromatic carbocycles. The molecule has 23 heavy (non-hydrogen) atoms. The van der Waals surface area contributed by atoms with E-state index >= 15 is 0 Å². The Kier molecular flexibility index (Phi) is 5.86. The minimum atomic E-state index is -1.17. The molecule has 1 aromatic heterocycles. The Labute approximate surface area is 144 Å². The first-order chi connectivity index (χ1) is 10.8. The Morgan fingerprint density at radius 2 is 2.00 bits per heavy atom. The fraction of sp³-hybridized carbons (Fsp3) is 0.353. The lowest BCUT2D eigenvalue weighted by atomic mass is 10.1. The maximum Gasteiger partial charge on any atom is 0.136 e. The number of nitrogen functional groups attached to an aromatic ring is 1. The maximum absolute atomic E-state index is 12.5. The lowest BCUT2D eigenvalue weighted by Crippen LogP contribution is -2.41. The van der Waals surface area contributed by atoms with E-state index in [0.717, 1.165) is 11.3 Å². The third-order valence-electron chi connectivity index (χ3n) is 3.36. The minimum absolute atomic E-state index is 0.0582. The monoisotopic (exact) mass is 349 g/mol. The standard InChI is InChI=1S/C17H23N3OS2/c1-17(2,3)23(21)20-14(9-12-7-5-4-6-8-12)15-10-13(11-22-15)16(18)19/h4-8,10-11,14,20H,9H2,1-3H3,(H3,18,19)/t14?,23-/m0/s1. The van der Waals surface area contributed by atoms with Crippen molar-refractivity contribution in [1.82, 2.24) is 4.72 Å². The lowest BCUT2D eigenvalue weighted by Gasteiger charge is -2.27. The summed E-state index contributed by atoms with van der Waals surface area (Å²) in [5.41, 5.74) is 7.45. The van der Waals surface area contributed by atoms with Crippen molar-refractivity contribution in [3.8, 4) is 0 Å². The van der Waals surface area contributed by atoms with Gasteiger partial charge < -0.3 is 10.3 Å². The van der Waals surface area contributed by atoms with E-state index in [1.165, 1.54) is 5.56 Å². The van der Waals surface area contributed by atoms with Crippen LogP contribution in [0.15, 0.2) is 41.8 Å². The second-order valence-corrected chi connectivity index (χ2v) is 9.33. The number of rotatable bonds is 6. The molecular weight excluding hydrogens is 326 g/mol. The van der Waals surface area contributed by atoms with Gasteiger partial charge in [0.2, 0.25) is 0 Å². The molecule has 4 N–H and O–H groups in total. The predicted molar refractivity (Wildman–Crippen MR) is 99.3 cm³/mol. The molecule has 0 spiro atoms. The number of thiophene rings is 1. The van der Waals surface area contributed by atoms with Crippen molar-refractivity contribution in [2.24, 2.45) is 5.73 Å². The van der Waals surface area contributed by atoms with Gasteiger partial charge in [0.15, 0.2) is 0 Å². The molecule has 0 saturated carbocycles. The third kappa shape index (κ3) is 5.07. The number of benzene rings is 1. The number of hydrogen-bond acceptors (Lipinski definition) is 4. The molecule has 0 bridgehead atoms. The van der Waals surface area contributed by atoms with Gasteiger partial charge in [0, 0.05) is 27.2 Å². The van der Waals surface area contributed by atoms with Crippen LogP contribution >= 0.6 is 11.3 Å². The first-order valence-electron chi connectivity index (χ1n) is 7.42. The van der Waals surface area contributed by atoms with E-state index in [1.54, 1.807) is 11.3 Å². The molecule has 0 radical (unpaired) electrons. The zero-order chi connectivity index (χ0) is 17.0. The minimum Gasteiger partial charge on any atom is -0.598 e. The van der Waals surface area contributed by atoms with E-state index in [1.807, 2.05) is 50.4 Å². The van der Waals surface area contributed by atoms with Crippen molar-refractivity contribution in [2.45, 2.75) is 38.0 Å². The van der Waals surface area contributed by atoms with Crippen molar-refractivity contribution >= 4 is 28.5 Å². The molecule has 0 aliphatic carbocycles. The fourth-order valence-electron chi connectivity index (χ4n) is 2.03. The molecule has 2 atom stereocenters. The quantitative estimate of drug-likeness (QED) is 0.425. The number of hydrogen-bond donors (Lipinski definition) is 3. The zero-order valence-electron chi connectivity index (χ0n) is 13.6. The summed E-state index contributed by atoms with van der Waals surface area (Å²) in [7, 11) is 0. The summed E-state index contributed by atoms with van der Waals surface area (Å²) in [6, 6.07) is 12.0. The summed E-state index contributed by atoms with van der Waals surface area (Å²) < 4.78 is 15.4. The van der Waals surface area contributed by atoms with Crippen LogP contribution in [0.3, 0.4) is 0 Å². The SMILES string of the molecule is CC(C)(C)[S@+]([O-])NC(Cc1ccccc1)c1cc(C(=N)N)cs1. The topological polar surface area (TPSA) is 85.0 Å². The summed E-state index contributed by atoms with van der Waals surface area (Å²) in [5, 5.41) is 9.43. The second-order valence-electron chi connectivity index (χ2n) is 6.39. The molecule has 0 aliphatic rings. The summed E-state index contributed by atoms with van der Waals surface area (Å²) in [5.74, 6) is 0.0582. The molecule has 6 heteroatoms. The van der Waals surface area contributed by atoms with Gasteiger partial charge in [-0.2, -0.15) is 0 Å². The fourth-order valence-corrected chi connectivity index (χ4v) is 3.89.